The number of anilines is 1. The Morgan fingerprint density at radius 3 is 2.68 bits per heavy atom. The van der Waals surface area contributed by atoms with Crippen molar-refractivity contribution in [3.63, 3.8) is 0 Å². The Labute approximate surface area is 197 Å². The zero-order valence-corrected chi connectivity index (χ0v) is 19.3. The lowest BCUT2D eigenvalue weighted by atomic mass is 9.82. The molecule has 3 aromatic rings. The van der Waals surface area contributed by atoms with Crippen LogP contribution in [0.1, 0.15) is 32.6 Å². The standard InChI is InChI=1S/C25H28FN5O3/c1-3-15-5-4-6-19(23(15)26)31(2)22-14-27-24(30-29-22)18-8-7-16(11-20(18)32)17-12-21-25(28-13-17)34-10-9-33-21/h7-8,11-15,19,23,32H,3-6,9-10H2,1-2H3/t15-,19+,23-/m1/s1. The van der Waals surface area contributed by atoms with Crippen LogP contribution in [0.15, 0.2) is 36.7 Å². The zero-order valence-electron chi connectivity index (χ0n) is 19.3. The van der Waals surface area contributed by atoms with Gasteiger partial charge < -0.3 is 19.5 Å². The highest BCUT2D eigenvalue weighted by Crippen LogP contribution is 2.36. The highest BCUT2D eigenvalue weighted by atomic mass is 19.1. The Hall–Kier alpha value is -3.49. The molecule has 1 saturated carbocycles. The first-order chi connectivity index (χ1) is 16.5. The lowest BCUT2D eigenvalue weighted by molar-refractivity contribution is 0.134. The zero-order chi connectivity index (χ0) is 23.7. The van der Waals surface area contributed by atoms with Crippen LogP contribution in [0.3, 0.4) is 0 Å². The maximum absolute atomic E-state index is 15.0. The molecule has 178 valence electrons. The number of rotatable bonds is 5. The minimum Gasteiger partial charge on any atom is -0.507 e. The summed E-state index contributed by atoms with van der Waals surface area (Å²) in [6.45, 7) is 2.99. The predicted molar refractivity (Wildman–Crippen MR) is 126 cm³/mol. The second-order valence-corrected chi connectivity index (χ2v) is 8.82. The molecule has 0 spiro atoms. The van der Waals surface area contributed by atoms with E-state index in [1.807, 2.05) is 31.0 Å². The number of benzene rings is 1. The molecule has 9 heteroatoms. The number of hydrogen-bond donors (Lipinski definition) is 1. The number of alkyl halides is 1. The lowest BCUT2D eigenvalue weighted by Crippen LogP contribution is -2.45. The van der Waals surface area contributed by atoms with Crippen LogP contribution in [0, 0.1) is 5.92 Å². The summed E-state index contributed by atoms with van der Waals surface area (Å²) in [5, 5.41) is 19.2. The fourth-order valence-corrected chi connectivity index (χ4v) is 4.77. The average molecular weight is 466 g/mol. The van der Waals surface area contributed by atoms with E-state index in [-0.39, 0.29) is 17.7 Å². The van der Waals surface area contributed by atoms with Gasteiger partial charge in [0.15, 0.2) is 17.4 Å². The molecule has 0 bridgehead atoms. The van der Waals surface area contributed by atoms with Gasteiger partial charge in [0.05, 0.1) is 17.8 Å². The van der Waals surface area contributed by atoms with Gasteiger partial charge in [-0.15, -0.1) is 10.2 Å². The first kappa shape index (κ1) is 22.3. The second-order valence-electron chi connectivity index (χ2n) is 8.82. The fourth-order valence-electron chi connectivity index (χ4n) is 4.77. The largest absolute Gasteiger partial charge is 0.507 e. The smallest absolute Gasteiger partial charge is 0.257 e. The second kappa shape index (κ2) is 9.40. The molecule has 1 aliphatic heterocycles. The summed E-state index contributed by atoms with van der Waals surface area (Å²) in [5.41, 5.74) is 2.02. The molecule has 3 heterocycles. The molecule has 1 aliphatic carbocycles. The third kappa shape index (κ3) is 4.22. The summed E-state index contributed by atoms with van der Waals surface area (Å²) in [6, 6.07) is 6.84. The van der Waals surface area contributed by atoms with Crippen molar-refractivity contribution in [1.29, 1.82) is 0 Å². The number of phenolic OH excluding ortho intramolecular Hbond substituents is 1. The Balaban J connectivity index is 1.34. The number of phenols is 1. The van der Waals surface area contributed by atoms with E-state index in [9.17, 15) is 9.50 Å². The number of pyridine rings is 1. The SMILES string of the molecule is CC[C@@H]1CCC[C@H](N(C)c2cnc(-c3ccc(-c4cnc5c(c4)OCCO5)cc3O)nn2)[C@@H]1F. The van der Waals surface area contributed by atoms with Crippen LogP contribution in [-0.2, 0) is 0 Å². The Morgan fingerprint density at radius 1 is 1.06 bits per heavy atom. The van der Waals surface area contributed by atoms with E-state index >= 15 is 0 Å². The summed E-state index contributed by atoms with van der Waals surface area (Å²) in [7, 11) is 1.84. The maximum atomic E-state index is 15.0. The normalized spacial score (nSPS) is 21.8. The van der Waals surface area contributed by atoms with Crippen LogP contribution < -0.4 is 14.4 Å². The summed E-state index contributed by atoms with van der Waals surface area (Å²) in [4.78, 5) is 10.5. The van der Waals surface area contributed by atoms with Crippen molar-refractivity contribution in [3.8, 4) is 39.9 Å². The molecule has 5 rings (SSSR count). The summed E-state index contributed by atoms with van der Waals surface area (Å²) in [5.74, 6) is 1.98. The van der Waals surface area contributed by atoms with Crippen LogP contribution in [0.5, 0.6) is 17.4 Å². The van der Waals surface area contributed by atoms with Gasteiger partial charge in [-0.3, -0.25) is 0 Å². The molecule has 0 amide bonds. The van der Waals surface area contributed by atoms with Gasteiger partial charge in [-0.2, -0.15) is 0 Å². The number of hydrogen-bond acceptors (Lipinski definition) is 8. The molecule has 3 atom stereocenters. The van der Waals surface area contributed by atoms with Gasteiger partial charge in [-0.25, -0.2) is 14.4 Å². The number of aromatic nitrogens is 4. The molecule has 0 unspecified atom stereocenters. The quantitative estimate of drug-likeness (QED) is 0.592. The first-order valence-corrected chi connectivity index (χ1v) is 11.7. The van der Waals surface area contributed by atoms with Crippen LogP contribution in [0.4, 0.5) is 10.2 Å². The number of aromatic hydroxyl groups is 1. The van der Waals surface area contributed by atoms with Gasteiger partial charge >= 0.3 is 0 Å². The molecular weight excluding hydrogens is 437 g/mol. The third-order valence-electron chi connectivity index (χ3n) is 6.80. The van der Waals surface area contributed by atoms with E-state index in [1.165, 1.54) is 0 Å². The number of fused-ring (bicyclic) bond motifs is 1. The van der Waals surface area contributed by atoms with Crippen LogP contribution in [-0.4, -0.2) is 57.7 Å². The monoisotopic (exact) mass is 465 g/mol. The van der Waals surface area contributed by atoms with Gasteiger partial charge in [-0.05, 0) is 42.5 Å². The van der Waals surface area contributed by atoms with E-state index in [4.69, 9.17) is 9.47 Å². The highest BCUT2D eigenvalue weighted by Gasteiger charge is 2.35. The van der Waals surface area contributed by atoms with Crippen molar-refractivity contribution in [2.75, 3.05) is 25.2 Å². The molecule has 2 aliphatic rings. The predicted octanol–water partition coefficient (Wildman–Crippen LogP) is 4.43. The Bertz CT molecular complexity index is 1160. The van der Waals surface area contributed by atoms with Gasteiger partial charge in [-0.1, -0.05) is 25.8 Å². The minimum absolute atomic E-state index is 0.0252. The van der Waals surface area contributed by atoms with Gasteiger partial charge in [0, 0.05) is 18.8 Å². The van der Waals surface area contributed by atoms with E-state index in [1.54, 1.807) is 24.5 Å². The van der Waals surface area contributed by atoms with Crippen molar-refractivity contribution >= 4 is 5.82 Å². The van der Waals surface area contributed by atoms with Crippen LogP contribution in [0.2, 0.25) is 0 Å². The van der Waals surface area contributed by atoms with Gasteiger partial charge in [0.25, 0.3) is 5.88 Å². The first-order valence-electron chi connectivity index (χ1n) is 11.7. The third-order valence-corrected chi connectivity index (χ3v) is 6.80. The van der Waals surface area contributed by atoms with Crippen LogP contribution in [0.25, 0.3) is 22.5 Å². The van der Waals surface area contributed by atoms with Crippen molar-refractivity contribution in [2.45, 2.75) is 44.8 Å². The summed E-state index contributed by atoms with van der Waals surface area (Å²) in [6.07, 6.45) is 5.94. The minimum atomic E-state index is -0.892. The molecule has 1 fully saturated rings. The molecule has 8 nitrogen and oxygen atoms in total. The van der Waals surface area contributed by atoms with E-state index in [0.717, 1.165) is 36.8 Å². The van der Waals surface area contributed by atoms with Crippen molar-refractivity contribution in [2.24, 2.45) is 5.92 Å². The van der Waals surface area contributed by atoms with E-state index in [0.29, 0.717) is 42.0 Å². The molecular formula is C25H28FN5O3. The molecule has 2 aromatic heterocycles. The highest BCUT2D eigenvalue weighted by molar-refractivity contribution is 5.73. The molecule has 1 N–H and O–H groups in total. The maximum Gasteiger partial charge on any atom is 0.257 e. The lowest BCUT2D eigenvalue weighted by Gasteiger charge is -2.38. The topological polar surface area (TPSA) is 93.5 Å². The summed E-state index contributed by atoms with van der Waals surface area (Å²) >= 11 is 0. The van der Waals surface area contributed by atoms with Crippen molar-refractivity contribution < 1.29 is 19.0 Å². The average Bonchev–Trinajstić information content (AvgIpc) is 2.88. The van der Waals surface area contributed by atoms with Crippen LogP contribution >= 0.6 is 0 Å². The van der Waals surface area contributed by atoms with Gasteiger partial charge in [0.1, 0.15) is 25.1 Å². The van der Waals surface area contributed by atoms with E-state index in [2.05, 4.69) is 20.2 Å². The Morgan fingerprint density at radius 2 is 1.91 bits per heavy atom. The number of ether oxygens (including phenoxy) is 2. The number of halogens is 1. The molecule has 0 radical (unpaired) electrons. The molecule has 34 heavy (non-hydrogen) atoms. The molecule has 1 aromatic carbocycles. The van der Waals surface area contributed by atoms with E-state index < -0.39 is 6.17 Å². The Kier molecular flexibility index (Phi) is 6.17. The van der Waals surface area contributed by atoms with Crippen molar-refractivity contribution in [3.05, 3.63) is 36.7 Å². The fraction of sp³-hybridized carbons (Fsp3) is 0.440. The molecule has 0 saturated heterocycles. The number of nitrogens with zero attached hydrogens (tertiary/aromatic N) is 5. The van der Waals surface area contributed by atoms with Crippen molar-refractivity contribution in [1.82, 2.24) is 20.2 Å². The van der Waals surface area contributed by atoms with Gasteiger partial charge in [0.2, 0.25) is 0 Å². The summed E-state index contributed by atoms with van der Waals surface area (Å²) < 4.78 is 26.0.